The molecule has 0 amide bonds. The molecule has 8 heavy (non-hydrogen) atoms. The molecule has 1 fully saturated rings. The van der Waals surface area contributed by atoms with E-state index in [1.807, 2.05) is 0 Å². The second-order valence-electron chi connectivity index (χ2n) is 2.35. The van der Waals surface area contributed by atoms with Crippen LogP contribution >= 0.6 is 0 Å². The van der Waals surface area contributed by atoms with Crippen LogP contribution in [0.3, 0.4) is 0 Å². The van der Waals surface area contributed by atoms with Crippen LogP contribution in [-0.2, 0) is 0 Å². The average molecular weight is 120 g/mol. The van der Waals surface area contributed by atoms with Crippen molar-refractivity contribution in [1.29, 1.82) is 0 Å². The lowest BCUT2D eigenvalue weighted by Crippen LogP contribution is -2.14. The molecule has 0 aromatic carbocycles. The maximum Gasteiger partial charge on any atom is 0.100 e. The smallest absolute Gasteiger partial charge is 0.100 e. The Morgan fingerprint density at radius 1 is 0.750 bits per heavy atom. The molecule has 0 N–H and O–H groups in total. The van der Waals surface area contributed by atoms with Crippen molar-refractivity contribution in [2.24, 2.45) is 0 Å². The highest BCUT2D eigenvalue weighted by molar-refractivity contribution is 4.70. The predicted octanol–water partition coefficient (Wildman–Crippen LogP) is 2.24. The molecule has 1 saturated carbocycles. The summed E-state index contributed by atoms with van der Waals surface area (Å²) in [5, 5.41) is 0. The van der Waals surface area contributed by atoms with E-state index in [9.17, 15) is 8.78 Å². The fourth-order valence-electron chi connectivity index (χ4n) is 1.01. The normalized spacial score (nSPS) is 39.8. The Kier molecular flexibility index (Phi) is 1.81. The van der Waals surface area contributed by atoms with E-state index in [4.69, 9.17) is 0 Å². The van der Waals surface area contributed by atoms with Gasteiger partial charge in [-0.15, -0.1) is 0 Å². The summed E-state index contributed by atoms with van der Waals surface area (Å²) in [6.45, 7) is 0. The molecule has 48 valence electrons. The van der Waals surface area contributed by atoms with Crippen LogP contribution in [0.25, 0.3) is 0 Å². The highest BCUT2D eigenvalue weighted by atomic mass is 19.1. The summed E-state index contributed by atoms with van der Waals surface area (Å²) in [4.78, 5) is 0. The fourth-order valence-corrected chi connectivity index (χ4v) is 1.01. The van der Waals surface area contributed by atoms with Crippen LogP contribution in [0.2, 0.25) is 0 Å². The van der Waals surface area contributed by atoms with Gasteiger partial charge in [-0.3, -0.25) is 0 Å². The summed E-state index contributed by atoms with van der Waals surface area (Å²) >= 11 is 0. The van der Waals surface area contributed by atoms with Crippen LogP contribution in [0.15, 0.2) is 0 Å². The Hall–Kier alpha value is -0.140. The van der Waals surface area contributed by atoms with Crippen molar-refractivity contribution in [3.63, 3.8) is 0 Å². The van der Waals surface area contributed by atoms with Gasteiger partial charge in [0.05, 0.1) is 0 Å². The van der Waals surface area contributed by atoms with Gasteiger partial charge in [-0.25, -0.2) is 8.78 Å². The van der Waals surface area contributed by atoms with Gasteiger partial charge in [-0.05, 0) is 25.7 Å². The first-order valence-corrected chi connectivity index (χ1v) is 3.07. The monoisotopic (exact) mass is 120 g/mol. The maximum atomic E-state index is 12.2. The molecule has 0 bridgehead atoms. The number of alkyl halides is 2. The molecular weight excluding hydrogens is 110 g/mol. The highest BCUT2D eigenvalue weighted by Gasteiger charge is 2.18. The van der Waals surface area contributed by atoms with Crippen LogP contribution in [0.4, 0.5) is 8.78 Å². The summed E-state index contributed by atoms with van der Waals surface area (Å²) in [6, 6.07) is 0. The lowest BCUT2D eigenvalue weighted by molar-refractivity contribution is 0.169. The van der Waals surface area contributed by atoms with E-state index in [0.29, 0.717) is 25.7 Å². The molecule has 0 atom stereocenters. The molecule has 1 aliphatic carbocycles. The fraction of sp³-hybridized carbons (Fsp3) is 1.00. The highest BCUT2D eigenvalue weighted by Crippen LogP contribution is 2.22. The molecule has 0 aromatic rings. The lowest BCUT2D eigenvalue weighted by atomic mass is 9.97. The van der Waals surface area contributed by atoms with Gasteiger partial charge < -0.3 is 0 Å². The number of hydrogen-bond acceptors (Lipinski definition) is 0. The third kappa shape index (κ3) is 1.42. The van der Waals surface area contributed by atoms with Crippen molar-refractivity contribution >= 4 is 0 Å². The molecule has 1 aliphatic rings. The van der Waals surface area contributed by atoms with Gasteiger partial charge in [-0.1, -0.05) is 0 Å². The van der Waals surface area contributed by atoms with Gasteiger partial charge in [-0.2, -0.15) is 0 Å². The predicted molar refractivity (Wildman–Crippen MR) is 28.3 cm³/mol. The molecule has 1 rings (SSSR count). The molecular formula is C6H10F2. The molecule has 0 aliphatic heterocycles. The minimum atomic E-state index is -0.720. The summed E-state index contributed by atoms with van der Waals surface area (Å²) in [5.74, 6) is 0. The topological polar surface area (TPSA) is 0 Å². The van der Waals surface area contributed by atoms with Crippen molar-refractivity contribution in [3.8, 4) is 0 Å². The van der Waals surface area contributed by atoms with Crippen LogP contribution in [0.5, 0.6) is 0 Å². The minimum Gasteiger partial charge on any atom is -0.247 e. The largest absolute Gasteiger partial charge is 0.247 e. The Morgan fingerprint density at radius 3 is 1.25 bits per heavy atom. The van der Waals surface area contributed by atoms with Crippen molar-refractivity contribution in [3.05, 3.63) is 0 Å². The summed E-state index contributed by atoms with van der Waals surface area (Å²) < 4.78 is 24.4. The Labute approximate surface area is 47.9 Å². The van der Waals surface area contributed by atoms with Gasteiger partial charge in [0.1, 0.15) is 12.3 Å². The zero-order valence-electron chi connectivity index (χ0n) is 4.74. The average Bonchev–Trinajstić information content (AvgIpc) is 1.77. The van der Waals surface area contributed by atoms with E-state index in [0.717, 1.165) is 0 Å². The first-order chi connectivity index (χ1) is 3.79. The molecule has 0 nitrogen and oxygen atoms in total. The zero-order valence-corrected chi connectivity index (χ0v) is 4.74. The third-order valence-corrected chi connectivity index (χ3v) is 1.59. The van der Waals surface area contributed by atoms with Crippen molar-refractivity contribution < 1.29 is 8.78 Å². The van der Waals surface area contributed by atoms with E-state index in [-0.39, 0.29) is 0 Å². The first-order valence-electron chi connectivity index (χ1n) is 3.07. The summed E-state index contributed by atoms with van der Waals surface area (Å²) in [7, 11) is 0. The molecule has 0 saturated heterocycles. The minimum absolute atomic E-state index is 0.432. The van der Waals surface area contributed by atoms with Crippen LogP contribution in [0.1, 0.15) is 25.7 Å². The van der Waals surface area contributed by atoms with E-state index in [2.05, 4.69) is 0 Å². The van der Waals surface area contributed by atoms with Crippen molar-refractivity contribution in [2.75, 3.05) is 0 Å². The van der Waals surface area contributed by atoms with E-state index < -0.39 is 12.3 Å². The van der Waals surface area contributed by atoms with Gasteiger partial charge in [0.15, 0.2) is 0 Å². The van der Waals surface area contributed by atoms with Crippen molar-refractivity contribution in [1.82, 2.24) is 0 Å². The Balaban J connectivity index is 2.19. The van der Waals surface area contributed by atoms with E-state index in [1.165, 1.54) is 0 Å². The Morgan fingerprint density at radius 2 is 1.00 bits per heavy atom. The number of halogens is 2. The van der Waals surface area contributed by atoms with Crippen LogP contribution in [-0.4, -0.2) is 12.3 Å². The quantitative estimate of drug-likeness (QED) is 0.460. The summed E-state index contributed by atoms with van der Waals surface area (Å²) in [6.07, 6.45) is 0.286. The van der Waals surface area contributed by atoms with Crippen LogP contribution < -0.4 is 0 Å². The Bertz CT molecular complexity index is 54.9. The maximum absolute atomic E-state index is 12.2. The molecule has 0 radical (unpaired) electrons. The standard InChI is InChI=1S/C6H10F2/c7-5-1-2-6(8)4-3-5/h5-6H,1-4H2. The van der Waals surface area contributed by atoms with Crippen LogP contribution in [0, 0.1) is 0 Å². The molecule has 2 heteroatoms. The molecule has 0 spiro atoms. The van der Waals surface area contributed by atoms with Gasteiger partial charge in [0.2, 0.25) is 0 Å². The zero-order chi connectivity index (χ0) is 5.98. The van der Waals surface area contributed by atoms with E-state index in [1.54, 1.807) is 0 Å². The summed E-state index contributed by atoms with van der Waals surface area (Å²) in [5.41, 5.74) is 0. The molecule has 0 heterocycles. The third-order valence-electron chi connectivity index (χ3n) is 1.59. The molecule has 0 aromatic heterocycles. The molecule has 0 unspecified atom stereocenters. The second kappa shape index (κ2) is 2.42. The van der Waals surface area contributed by atoms with Gasteiger partial charge in [0.25, 0.3) is 0 Å². The first kappa shape index (κ1) is 5.99. The number of rotatable bonds is 0. The lowest BCUT2D eigenvalue weighted by Gasteiger charge is -2.16. The second-order valence-corrected chi connectivity index (χ2v) is 2.35. The van der Waals surface area contributed by atoms with Crippen molar-refractivity contribution in [2.45, 2.75) is 38.0 Å². The van der Waals surface area contributed by atoms with E-state index >= 15 is 0 Å². The number of hydrogen-bond donors (Lipinski definition) is 0. The van der Waals surface area contributed by atoms with Gasteiger partial charge in [0, 0.05) is 0 Å². The van der Waals surface area contributed by atoms with Gasteiger partial charge >= 0.3 is 0 Å². The SMILES string of the molecule is FC1CCC(F)CC1.